The predicted octanol–water partition coefficient (Wildman–Crippen LogP) is 2.56. The molecule has 0 aromatic carbocycles. The van der Waals surface area contributed by atoms with Crippen LogP contribution in [0.3, 0.4) is 0 Å². The predicted molar refractivity (Wildman–Crippen MR) is 52.7 cm³/mol. The van der Waals surface area contributed by atoms with Gasteiger partial charge in [0.05, 0.1) is 0 Å². The van der Waals surface area contributed by atoms with Crippen LogP contribution in [0.1, 0.15) is 46.5 Å². The summed E-state index contributed by atoms with van der Waals surface area (Å²) in [5.74, 6) is 0.759. The molecule has 1 aliphatic carbocycles. The van der Waals surface area contributed by atoms with E-state index in [1.54, 1.807) is 0 Å². The van der Waals surface area contributed by atoms with Crippen LogP contribution in [0.4, 0.5) is 0 Å². The second-order valence-electron chi connectivity index (χ2n) is 4.01. The second kappa shape index (κ2) is 4.23. The Kier molecular flexibility index (Phi) is 3.48. The van der Waals surface area contributed by atoms with Crippen LogP contribution < -0.4 is 0 Å². The number of ketones is 1. The van der Waals surface area contributed by atoms with Crippen molar-refractivity contribution in [3.8, 4) is 0 Å². The number of carbonyl (C=O) groups excluding carboxylic acids is 1. The maximum atomic E-state index is 11.7. The Balaban J connectivity index is 2.56. The Morgan fingerprint density at radius 1 is 1.46 bits per heavy atom. The van der Waals surface area contributed by atoms with Gasteiger partial charge in [-0.25, -0.2) is 0 Å². The molecule has 0 aliphatic heterocycles. The van der Waals surface area contributed by atoms with Gasteiger partial charge < -0.3 is 4.74 Å². The van der Waals surface area contributed by atoms with Crippen molar-refractivity contribution in [1.82, 2.24) is 0 Å². The van der Waals surface area contributed by atoms with E-state index in [1.165, 1.54) is 0 Å². The van der Waals surface area contributed by atoms with Gasteiger partial charge in [0.1, 0.15) is 5.60 Å². The molecule has 0 radical (unpaired) electrons. The molecule has 1 saturated carbocycles. The largest absolute Gasteiger partial charge is 0.367 e. The number of carbonyl (C=O) groups is 1. The van der Waals surface area contributed by atoms with E-state index in [0.717, 1.165) is 19.3 Å². The smallest absolute Gasteiger partial charge is 0.164 e. The van der Waals surface area contributed by atoms with E-state index in [0.29, 0.717) is 18.9 Å². The molecule has 0 heterocycles. The van der Waals surface area contributed by atoms with Crippen LogP contribution in [0.15, 0.2) is 0 Å². The molecule has 1 atom stereocenters. The minimum atomic E-state index is -0.467. The average molecular weight is 184 g/mol. The summed E-state index contributed by atoms with van der Waals surface area (Å²) in [4.78, 5) is 11.7. The Bertz CT molecular complexity index is 185. The molecule has 1 rings (SSSR count). The number of rotatable bonds is 6. The van der Waals surface area contributed by atoms with Crippen LogP contribution in [-0.2, 0) is 9.53 Å². The third-order valence-electron chi connectivity index (χ3n) is 2.84. The van der Waals surface area contributed by atoms with Crippen molar-refractivity contribution >= 4 is 5.78 Å². The molecule has 13 heavy (non-hydrogen) atoms. The summed E-state index contributed by atoms with van der Waals surface area (Å²) >= 11 is 0. The van der Waals surface area contributed by atoms with Crippen molar-refractivity contribution in [1.29, 1.82) is 0 Å². The highest BCUT2D eigenvalue weighted by molar-refractivity contribution is 5.87. The molecule has 1 unspecified atom stereocenters. The van der Waals surface area contributed by atoms with Crippen LogP contribution in [0.2, 0.25) is 0 Å². The summed E-state index contributed by atoms with van der Waals surface area (Å²) in [6.45, 7) is 6.66. The molecule has 1 aliphatic rings. The second-order valence-corrected chi connectivity index (χ2v) is 4.01. The standard InChI is InChI=1S/C11H20O2/c1-4-8-13-11(3,9-6-7-9)10(12)5-2/h9H,4-8H2,1-3H3. The summed E-state index contributed by atoms with van der Waals surface area (Å²) in [7, 11) is 0. The van der Waals surface area contributed by atoms with Crippen LogP contribution >= 0.6 is 0 Å². The number of hydrogen-bond acceptors (Lipinski definition) is 2. The van der Waals surface area contributed by atoms with Gasteiger partial charge in [0.15, 0.2) is 5.78 Å². The molecule has 1 fully saturated rings. The zero-order valence-electron chi connectivity index (χ0n) is 8.93. The lowest BCUT2D eigenvalue weighted by Gasteiger charge is -2.28. The van der Waals surface area contributed by atoms with Crippen LogP contribution in [0.25, 0.3) is 0 Å². The molecule has 2 nitrogen and oxygen atoms in total. The average Bonchev–Trinajstić information content (AvgIpc) is 2.96. The summed E-state index contributed by atoms with van der Waals surface area (Å²) < 4.78 is 5.71. The minimum absolute atomic E-state index is 0.267. The Labute approximate surface area is 80.7 Å². The van der Waals surface area contributed by atoms with Gasteiger partial charge in [-0.2, -0.15) is 0 Å². The summed E-state index contributed by atoms with van der Waals surface area (Å²) in [6.07, 6.45) is 3.90. The maximum Gasteiger partial charge on any atom is 0.164 e. The van der Waals surface area contributed by atoms with E-state index < -0.39 is 5.60 Å². The van der Waals surface area contributed by atoms with E-state index >= 15 is 0 Å². The monoisotopic (exact) mass is 184 g/mol. The highest BCUT2D eigenvalue weighted by Gasteiger charge is 2.46. The van der Waals surface area contributed by atoms with E-state index in [9.17, 15) is 4.79 Å². The van der Waals surface area contributed by atoms with Crippen LogP contribution in [0, 0.1) is 5.92 Å². The molecule has 0 amide bonds. The lowest BCUT2D eigenvalue weighted by atomic mass is 9.93. The maximum absolute atomic E-state index is 11.7. The molecule has 0 spiro atoms. The first-order valence-corrected chi connectivity index (χ1v) is 5.32. The molecule has 76 valence electrons. The van der Waals surface area contributed by atoms with E-state index in [1.807, 2.05) is 13.8 Å². The van der Waals surface area contributed by atoms with Crippen LogP contribution in [0.5, 0.6) is 0 Å². The minimum Gasteiger partial charge on any atom is -0.367 e. The third kappa shape index (κ3) is 2.31. The van der Waals surface area contributed by atoms with E-state index in [2.05, 4.69) is 6.92 Å². The van der Waals surface area contributed by atoms with Gasteiger partial charge in [0.2, 0.25) is 0 Å². The van der Waals surface area contributed by atoms with Crippen molar-refractivity contribution in [2.45, 2.75) is 52.1 Å². The lowest BCUT2D eigenvalue weighted by Crippen LogP contribution is -2.40. The first kappa shape index (κ1) is 10.7. The molecule has 0 aromatic heterocycles. The van der Waals surface area contributed by atoms with Crippen molar-refractivity contribution in [2.24, 2.45) is 5.92 Å². The fraction of sp³-hybridized carbons (Fsp3) is 0.909. The highest BCUT2D eigenvalue weighted by atomic mass is 16.5. The number of ether oxygens (including phenoxy) is 1. The van der Waals surface area contributed by atoms with Crippen molar-refractivity contribution in [2.75, 3.05) is 6.61 Å². The first-order valence-electron chi connectivity index (χ1n) is 5.32. The fourth-order valence-electron chi connectivity index (χ4n) is 1.73. The summed E-state index contributed by atoms with van der Waals surface area (Å²) in [6, 6.07) is 0. The molecule has 0 bridgehead atoms. The van der Waals surface area contributed by atoms with Crippen LogP contribution in [-0.4, -0.2) is 18.0 Å². The Hall–Kier alpha value is -0.370. The zero-order valence-corrected chi connectivity index (χ0v) is 8.93. The molecule has 2 heteroatoms. The van der Waals surface area contributed by atoms with Gasteiger partial charge in [-0.1, -0.05) is 13.8 Å². The third-order valence-corrected chi connectivity index (χ3v) is 2.84. The van der Waals surface area contributed by atoms with Gasteiger partial charge in [0.25, 0.3) is 0 Å². The van der Waals surface area contributed by atoms with E-state index in [4.69, 9.17) is 4.74 Å². The quantitative estimate of drug-likeness (QED) is 0.634. The lowest BCUT2D eigenvalue weighted by molar-refractivity contribution is -0.145. The Morgan fingerprint density at radius 2 is 2.08 bits per heavy atom. The van der Waals surface area contributed by atoms with Gasteiger partial charge in [-0.05, 0) is 32.1 Å². The first-order chi connectivity index (χ1) is 6.15. The van der Waals surface area contributed by atoms with Gasteiger partial charge in [-0.3, -0.25) is 4.79 Å². The zero-order chi connectivity index (χ0) is 9.90. The van der Waals surface area contributed by atoms with Gasteiger partial charge in [-0.15, -0.1) is 0 Å². The highest BCUT2D eigenvalue weighted by Crippen LogP contribution is 2.42. The SMILES string of the molecule is CCCOC(C)(C(=O)CC)C1CC1. The fourth-order valence-corrected chi connectivity index (χ4v) is 1.73. The number of Topliss-reactive ketones (excluding diaryl/α,β-unsaturated/α-hetero) is 1. The van der Waals surface area contributed by atoms with Gasteiger partial charge in [0, 0.05) is 13.0 Å². The van der Waals surface area contributed by atoms with E-state index in [-0.39, 0.29) is 5.78 Å². The van der Waals surface area contributed by atoms with Crippen molar-refractivity contribution in [3.63, 3.8) is 0 Å². The topological polar surface area (TPSA) is 26.3 Å². The Morgan fingerprint density at radius 3 is 2.46 bits per heavy atom. The molecule has 0 saturated heterocycles. The van der Waals surface area contributed by atoms with Crippen molar-refractivity contribution < 1.29 is 9.53 Å². The normalized spacial score (nSPS) is 21.2. The number of hydrogen-bond donors (Lipinski definition) is 0. The summed E-state index contributed by atoms with van der Waals surface area (Å²) in [5, 5.41) is 0. The van der Waals surface area contributed by atoms with Crippen molar-refractivity contribution in [3.05, 3.63) is 0 Å². The summed E-state index contributed by atoms with van der Waals surface area (Å²) in [5.41, 5.74) is -0.467. The molecule has 0 N–H and O–H groups in total. The molecular weight excluding hydrogens is 164 g/mol. The molecular formula is C11H20O2. The molecule has 0 aromatic rings. The van der Waals surface area contributed by atoms with Gasteiger partial charge >= 0.3 is 0 Å².